The van der Waals surface area contributed by atoms with Crippen LogP contribution in [0.1, 0.15) is 5.56 Å². The fourth-order valence-electron chi connectivity index (χ4n) is 0.965. The Morgan fingerprint density at radius 2 is 1.89 bits per heavy atom. The van der Waals surface area contributed by atoms with Crippen molar-refractivity contribution in [3.63, 3.8) is 0 Å². The third-order valence-electron chi connectivity index (χ3n) is 1.91. The number of alkyl halides is 5. The zero-order valence-corrected chi connectivity index (χ0v) is 9.53. The van der Waals surface area contributed by atoms with Gasteiger partial charge in [-0.25, -0.2) is 4.98 Å². The van der Waals surface area contributed by atoms with Crippen molar-refractivity contribution in [2.45, 2.75) is 19.0 Å². The summed E-state index contributed by atoms with van der Waals surface area (Å²) in [6.45, 7) is 1.45. The van der Waals surface area contributed by atoms with Gasteiger partial charge in [-0.3, -0.25) is 4.79 Å². The number of amides is 1. The maximum atomic E-state index is 12.6. The first kappa shape index (κ1) is 14.6. The highest BCUT2D eigenvalue weighted by Crippen LogP contribution is 2.36. The first-order valence-electron chi connectivity index (χ1n) is 4.44. The van der Waals surface area contributed by atoms with Crippen LogP contribution in [-0.4, -0.2) is 23.0 Å². The van der Waals surface area contributed by atoms with E-state index in [2.05, 4.69) is 4.98 Å². The van der Waals surface area contributed by atoms with Crippen molar-refractivity contribution in [2.24, 2.45) is 0 Å². The van der Waals surface area contributed by atoms with E-state index < -0.39 is 18.0 Å². The summed E-state index contributed by atoms with van der Waals surface area (Å²) in [5, 5.41) is 1.48. The van der Waals surface area contributed by atoms with Crippen molar-refractivity contribution in [1.82, 2.24) is 4.98 Å². The van der Waals surface area contributed by atoms with E-state index >= 15 is 0 Å². The minimum Gasteiger partial charge on any atom is -0.319 e. The molecule has 1 aromatic heterocycles. The Bertz CT molecular complexity index is 475. The molecule has 0 radical (unpaired) electrons. The van der Waals surface area contributed by atoms with E-state index in [0.29, 0.717) is 5.56 Å². The number of hydrogen-bond donors (Lipinski definition) is 1. The first-order chi connectivity index (χ1) is 8.05. The Morgan fingerprint density at radius 3 is 2.33 bits per heavy atom. The number of carbonyl (C=O) groups is 1. The highest BCUT2D eigenvalue weighted by molar-refractivity contribution is 6.30. The number of hydrogen-bond acceptors (Lipinski definition) is 2. The third kappa shape index (κ3) is 2.87. The van der Waals surface area contributed by atoms with Crippen LogP contribution in [0.15, 0.2) is 12.3 Å². The number of aryl methyl sites for hydroxylation is 1. The molecule has 0 aliphatic heterocycles. The molecule has 1 rings (SSSR count). The largest absolute Gasteiger partial charge is 0.463 e. The van der Waals surface area contributed by atoms with Gasteiger partial charge < -0.3 is 5.32 Å². The van der Waals surface area contributed by atoms with Crippen LogP contribution in [0.5, 0.6) is 0 Å². The molecule has 3 nitrogen and oxygen atoms in total. The molecule has 0 bridgehead atoms. The highest BCUT2D eigenvalue weighted by Gasteiger charge is 2.63. The summed E-state index contributed by atoms with van der Waals surface area (Å²) in [7, 11) is 0. The van der Waals surface area contributed by atoms with Gasteiger partial charge >= 0.3 is 18.0 Å². The number of halogens is 6. The van der Waals surface area contributed by atoms with Gasteiger partial charge in [-0.2, -0.15) is 22.0 Å². The molecule has 0 atom stereocenters. The van der Waals surface area contributed by atoms with Crippen molar-refractivity contribution in [1.29, 1.82) is 0 Å². The van der Waals surface area contributed by atoms with E-state index in [0.717, 1.165) is 12.3 Å². The second-order valence-electron chi connectivity index (χ2n) is 3.36. The van der Waals surface area contributed by atoms with Crippen molar-refractivity contribution in [3.05, 3.63) is 23.0 Å². The molecule has 0 unspecified atom stereocenters. The van der Waals surface area contributed by atoms with E-state index in [4.69, 9.17) is 11.6 Å². The molecule has 0 aliphatic carbocycles. The highest BCUT2D eigenvalue weighted by atomic mass is 35.5. The molecule has 1 N–H and O–H groups in total. The lowest BCUT2D eigenvalue weighted by molar-refractivity contribution is -0.267. The predicted molar refractivity (Wildman–Crippen MR) is 53.6 cm³/mol. The number of rotatable bonds is 2. The van der Waals surface area contributed by atoms with E-state index in [-0.39, 0.29) is 10.8 Å². The lowest BCUT2D eigenvalue weighted by Crippen LogP contribution is -2.47. The van der Waals surface area contributed by atoms with Crippen LogP contribution >= 0.6 is 11.6 Å². The quantitative estimate of drug-likeness (QED) is 0.671. The van der Waals surface area contributed by atoms with Gasteiger partial charge in [0.2, 0.25) is 0 Å². The monoisotopic (exact) mass is 288 g/mol. The molecule has 0 spiro atoms. The maximum absolute atomic E-state index is 12.6. The molecule has 0 aromatic carbocycles. The number of pyridine rings is 1. The lowest BCUT2D eigenvalue weighted by atomic mass is 10.2. The summed E-state index contributed by atoms with van der Waals surface area (Å²) in [5.74, 6) is -7.95. The number of carbonyl (C=O) groups excluding carboxylic acids is 1. The summed E-state index contributed by atoms with van der Waals surface area (Å²) in [6.07, 6.45) is -5.08. The van der Waals surface area contributed by atoms with Crippen molar-refractivity contribution in [3.8, 4) is 0 Å². The third-order valence-corrected chi connectivity index (χ3v) is 2.31. The second-order valence-corrected chi connectivity index (χ2v) is 3.72. The molecule has 0 saturated carbocycles. The smallest absolute Gasteiger partial charge is 0.319 e. The van der Waals surface area contributed by atoms with Crippen molar-refractivity contribution < 1.29 is 26.7 Å². The average Bonchev–Trinajstić information content (AvgIpc) is 2.21. The molecule has 0 aliphatic rings. The van der Waals surface area contributed by atoms with Crippen LogP contribution in [0.3, 0.4) is 0 Å². The van der Waals surface area contributed by atoms with Gasteiger partial charge in [0.1, 0.15) is 5.15 Å². The molecular weight excluding hydrogens is 283 g/mol. The lowest BCUT2D eigenvalue weighted by Gasteiger charge is -2.18. The van der Waals surface area contributed by atoms with Crippen molar-refractivity contribution in [2.75, 3.05) is 5.32 Å². The second kappa shape index (κ2) is 4.68. The van der Waals surface area contributed by atoms with Crippen LogP contribution < -0.4 is 5.32 Å². The Balaban J connectivity index is 2.91. The summed E-state index contributed by atoms with van der Waals surface area (Å²) in [4.78, 5) is 14.3. The summed E-state index contributed by atoms with van der Waals surface area (Å²) in [5.41, 5.74) is 0.0237. The Hall–Kier alpha value is -1.44. The predicted octanol–water partition coefficient (Wildman–Crippen LogP) is 3.18. The summed E-state index contributed by atoms with van der Waals surface area (Å²) < 4.78 is 60.9. The van der Waals surface area contributed by atoms with Gasteiger partial charge in [-0.05, 0) is 18.6 Å². The molecule has 1 heterocycles. The topological polar surface area (TPSA) is 42.0 Å². The molecule has 0 fully saturated rings. The van der Waals surface area contributed by atoms with Gasteiger partial charge in [-0.15, -0.1) is 0 Å². The van der Waals surface area contributed by atoms with Gasteiger partial charge in [0.05, 0.1) is 11.9 Å². The Labute approximate surface area is 103 Å². The van der Waals surface area contributed by atoms with Gasteiger partial charge in [0.15, 0.2) is 0 Å². The van der Waals surface area contributed by atoms with Crippen LogP contribution in [0.2, 0.25) is 5.15 Å². The SMILES string of the molecule is Cc1cc(NC(=O)C(F)(F)C(F)(F)F)cnc1Cl. The normalized spacial score (nSPS) is 12.4. The number of anilines is 1. The molecule has 1 aromatic rings. The first-order valence-corrected chi connectivity index (χ1v) is 4.81. The molecule has 100 valence electrons. The van der Waals surface area contributed by atoms with E-state index in [1.165, 1.54) is 12.2 Å². The van der Waals surface area contributed by atoms with Crippen LogP contribution in [0.4, 0.5) is 27.6 Å². The van der Waals surface area contributed by atoms with Gasteiger partial charge in [0, 0.05) is 0 Å². The van der Waals surface area contributed by atoms with Crippen LogP contribution in [-0.2, 0) is 4.79 Å². The molecule has 18 heavy (non-hydrogen) atoms. The maximum Gasteiger partial charge on any atom is 0.463 e. The molecular formula is C9H6ClF5N2O. The van der Waals surface area contributed by atoms with Crippen LogP contribution in [0.25, 0.3) is 0 Å². The average molecular weight is 289 g/mol. The van der Waals surface area contributed by atoms with E-state index in [9.17, 15) is 26.7 Å². The van der Waals surface area contributed by atoms with Gasteiger partial charge in [-0.1, -0.05) is 11.6 Å². The Morgan fingerprint density at radius 1 is 1.33 bits per heavy atom. The fraction of sp³-hybridized carbons (Fsp3) is 0.333. The fourth-order valence-corrected chi connectivity index (χ4v) is 1.07. The van der Waals surface area contributed by atoms with E-state index in [1.54, 1.807) is 0 Å². The zero-order valence-electron chi connectivity index (χ0n) is 8.78. The minimum absolute atomic E-state index is 0.0515. The number of nitrogens with one attached hydrogen (secondary N) is 1. The minimum atomic E-state index is -5.95. The number of aromatic nitrogens is 1. The van der Waals surface area contributed by atoms with Crippen LogP contribution in [0, 0.1) is 6.92 Å². The van der Waals surface area contributed by atoms with Gasteiger partial charge in [0.25, 0.3) is 0 Å². The molecule has 0 saturated heterocycles. The zero-order chi connectivity index (χ0) is 14.1. The molecule has 1 amide bonds. The standard InChI is InChI=1S/C9H6ClF5N2O/c1-4-2-5(3-16-6(4)10)17-7(18)8(11,12)9(13,14)15/h2-3H,1H3,(H,17,18). The number of nitrogens with zero attached hydrogens (tertiary/aromatic N) is 1. The Kier molecular flexibility index (Phi) is 3.80. The van der Waals surface area contributed by atoms with E-state index in [1.807, 2.05) is 0 Å². The molecule has 9 heteroatoms. The van der Waals surface area contributed by atoms with Crippen molar-refractivity contribution >= 4 is 23.2 Å². The summed E-state index contributed by atoms with van der Waals surface area (Å²) >= 11 is 5.53. The summed E-state index contributed by atoms with van der Waals surface area (Å²) in [6, 6.07) is 1.12.